The van der Waals surface area contributed by atoms with Gasteiger partial charge < -0.3 is 10.5 Å². The number of hydrogen-bond donors (Lipinski definition) is 1. The summed E-state index contributed by atoms with van der Waals surface area (Å²) in [5.41, 5.74) is 8.33. The van der Waals surface area contributed by atoms with Gasteiger partial charge in [-0.2, -0.15) is 0 Å². The summed E-state index contributed by atoms with van der Waals surface area (Å²) in [6.45, 7) is -0.586. The first-order valence-electron chi connectivity index (χ1n) is 5.52. The van der Waals surface area contributed by atoms with Crippen molar-refractivity contribution in [2.45, 2.75) is 6.43 Å². The number of hydrogen-bond acceptors (Lipinski definition) is 2. The summed E-state index contributed by atoms with van der Waals surface area (Å²) in [7, 11) is 0. The Morgan fingerprint density at radius 3 is 2.33 bits per heavy atom. The van der Waals surface area contributed by atoms with Gasteiger partial charge in [0, 0.05) is 5.69 Å². The molecule has 0 atom stereocenters. The van der Waals surface area contributed by atoms with Gasteiger partial charge in [-0.3, -0.25) is 0 Å². The van der Waals surface area contributed by atoms with E-state index in [1.165, 1.54) is 0 Å². The molecule has 0 heterocycles. The van der Waals surface area contributed by atoms with E-state index in [4.69, 9.17) is 10.5 Å². The highest BCUT2D eigenvalue weighted by molar-refractivity contribution is 5.67. The second-order valence-corrected chi connectivity index (χ2v) is 3.85. The number of anilines is 1. The summed E-state index contributed by atoms with van der Waals surface area (Å²) in [5, 5.41) is 0. The molecule has 94 valence electrons. The Morgan fingerprint density at radius 1 is 1.00 bits per heavy atom. The van der Waals surface area contributed by atoms with Crippen LogP contribution in [0.2, 0.25) is 0 Å². The number of alkyl halides is 2. The van der Waals surface area contributed by atoms with E-state index in [0.717, 1.165) is 11.1 Å². The average molecular weight is 249 g/mol. The zero-order chi connectivity index (χ0) is 13.0. The average Bonchev–Trinajstić information content (AvgIpc) is 2.37. The molecule has 0 unspecified atom stereocenters. The number of halogens is 2. The number of nitrogens with two attached hydrogens (primary N) is 1. The minimum absolute atomic E-state index is 0.433. The molecule has 2 rings (SSSR count). The van der Waals surface area contributed by atoms with Crippen molar-refractivity contribution in [3.8, 4) is 16.9 Å². The number of nitrogen functional groups attached to an aromatic ring is 1. The van der Waals surface area contributed by atoms with Gasteiger partial charge in [0.05, 0.1) is 0 Å². The fourth-order valence-electron chi connectivity index (χ4n) is 1.62. The van der Waals surface area contributed by atoms with E-state index in [2.05, 4.69) is 0 Å². The molecule has 18 heavy (non-hydrogen) atoms. The maximum absolute atomic E-state index is 12.0. The fraction of sp³-hybridized carbons (Fsp3) is 0.143. The summed E-state index contributed by atoms with van der Waals surface area (Å²) in [5.74, 6) is 0.433. The van der Waals surface area contributed by atoms with Crippen molar-refractivity contribution in [2.24, 2.45) is 0 Å². The first-order valence-corrected chi connectivity index (χ1v) is 5.52. The van der Waals surface area contributed by atoms with Crippen molar-refractivity contribution in [2.75, 3.05) is 12.3 Å². The fourth-order valence-corrected chi connectivity index (χ4v) is 1.62. The third-order valence-electron chi connectivity index (χ3n) is 2.45. The van der Waals surface area contributed by atoms with E-state index in [1.807, 2.05) is 36.4 Å². The quantitative estimate of drug-likeness (QED) is 0.840. The molecule has 2 N–H and O–H groups in total. The van der Waals surface area contributed by atoms with Crippen molar-refractivity contribution in [1.82, 2.24) is 0 Å². The molecule has 0 fully saturated rings. The predicted molar refractivity (Wildman–Crippen MR) is 67.8 cm³/mol. The maximum Gasteiger partial charge on any atom is 0.272 e. The molecule has 2 aromatic carbocycles. The van der Waals surface area contributed by atoms with Gasteiger partial charge in [0.1, 0.15) is 12.4 Å². The van der Waals surface area contributed by atoms with E-state index in [1.54, 1.807) is 12.1 Å². The lowest BCUT2D eigenvalue weighted by Gasteiger charge is -2.07. The monoisotopic (exact) mass is 249 g/mol. The third kappa shape index (κ3) is 3.20. The van der Waals surface area contributed by atoms with Crippen LogP contribution in [0, 0.1) is 0 Å². The molecule has 0 aliphatic rings. The Morgan fingerprint density at radius 2 is 1.72 bits per heavy atom. The maximum atomic E-state index is 12.0. The van der Waals surface area contributed by atoms with Crippen LogP contribution in [-0.4, -0.2) is 13.0 Å². The molecular weight excluding hydrogens is 236 g/mol. The van der Waals surface area contributed by atoms with E-state index in [-0.39, 0.29) is 0 Å². The predicted octanol–water partition coefficient (Wildman–Crippen LogP) is 3.58. The molecule has 0 aromatic heterocycles. The molecule has 0 bridgehead atoms. The van der Waals surface area contributed by atoms with Crippen LogP contribution in [0.1, 0.15) is 0 Å². The second-order valence-electron chi connectivity index (χ2n) is 3.85. The summed E-state index contributed by atoms with van der Waals surface area (Å²) in [6, 6.07) is 14.4. The largest absolute Gasteiger partial charge is 0.488 e. The van der Waals surface area contributed by atoms with Crippen molar-refractivity contribution in [3.05, 3.63) is 48.5 Å². The van der Waals surface area contributed by atoms with Crippen molar-refractivity contribution in [3.63, 3.8) is 0 Å². The lowest BCUT2D eigenvalue weighted by molar-refractivity contribution is 0.0819. The van der Waals surface area contributed by atoms with Gasteiger partial charge in [0.25, 0.3) is 6.43 Å². The zero-order valence-electron chi connectivity index (χ0n) is 9.64. The summed E-state index contributed by atoms with van der Waals surface area (Å²) in [4.78, 5) is 0. The van der Waals surface area contributed by atoms with Crippen LogP contribution < -0.4 is 10.5 Å². The van der Waals surface area contributed by atoms with Crippen LogP contribution >= 0.6 is 0 Å². The van der Waals surface area contributed by atoms with E-state index in [9.17, 15) is 8.78 Å². The number of rotatable bonds is 4. The Balaban J connectivity index is 2.12. The third-order valence-corrected chi connectivity index (χ3v) is 2.45. The topological polar surface area (TPSA) is 35.2 Å². The Hall–Kier alpha value is -2.10. The van der Waals surface area contributed by atoms with Crippen LogP contribution in [0.25, 0.3) is 11.1 Å². The van der Waals surface area contributed by atoms with Crippen LogP contribution in [0.5, 0.6) is 5.75 Å². The number of ether oxygens (including phenoxy) is 1. The minimum Gasteiger partial charge on any atom is -0.488 e. The molecule has 2 aromatic rings. The molecule has 0 radical (unpaired) electrons. The van der Waals surface area contributed by atoms with E-state index in [0.29, 0.717) is 11.4 Å². The smallest absolute Gasteiger partial charge is 0.272 e. The first kappa shape index (κ1) is 12.4. The SMILES string of the molecule is Nc1cccc(-c2ccc(OCC(F)F)cc2)c1. The summed E-state index contributed by atoms with van der Waals surface area (Å²) < 4.78 is 28.8. The summed E-state index contributed by atoms with van der Waals surface area (Å²) >= 11 is 0. The molecule has 0 saturated carbocycles. The molecule has 0 saturated heterocycles. The van der Waals surface area contributed by atoms with Crippen LogP contribution in [0.15, 0.2) is 48.5 Å². The van der Waals surface area contributed by atoms with Crippen LogP contribution in [0.4, 0.5) is 14.5 Å². The van der Waals surface area contributed by atoms with Gasteiger partial charge >= 0.3 is 0 Å². The Bertz CT molecular complexity index is 511. The van der Waals surface area contributed by atoms with Gasteiger partial charge in [-0.25, -0.2) is 8.78 Å². The van der Waals surface area contributed by atoms with E-state index >= 15 is 0 Å². The van der Waals surface area contributed by atoms with Crippen LogP contribution in [0.3, 0.4) is 0 Å². The molecule has 0 aliphatic heterocycles. The van der Waals surface area contributed by atoms with Gasteiger partial charge in [-0.15, -0.1) is 0 Å². The second kappa shape index (κ2) is 5.49. The molecule has 2 nitrogen and oxygen atoms in total. The molecule has 4 heteroatoms. The molecule has 0 aliphatic carbocycles. The van der Waals surface area contributed by atoms with Gasteiger partial charge in [0.15, 0.2) is 0 Å². The first-order chi connectivity index (χ1) is 8.65. The number of benzene rings is 2. The molecule has 0 spiro atoms. The van der Waals surface area contributed by atoms with Crippen LogP contribution in [-0.2, 0) is 0 Å². The lowest BCUT2D eigenvalue weighted by Crippen LogP contribution is -2.06. The zero-order valence-corrected chi connectivity index (χ0v) is 9.64. The van der Waals surface area contributed by atoms with Gasteiger partial charge in [-0.05, 0) is 35.4 Å². The van der Waals surface area contributed by atoms with Crippen molar-refractivity contribution in [1.29, 1.82) is 0 Å². The van der Waals surface area contributed by atoms with Crippen molar-refractivity contribution < 1.29 is 13.5 Å². The highest BCUT2D eigenvalue weighted by atomic mass is 19.3. The lowest BCUT2D eigenvalue weighted by atomic mass is 10.1. The Labute approximate surface area is 104 Å². The molecule has 0 amide bonds. The highest BCUT2D eigenvalue weighted by Gasteiger charge is 2.04. The minimum atomic E-state index is -2.46. The van der Waals surface area contributed by atoms with Gasteiger partial charge in [0.2, 0.25) is 0 Å². The Kier molecular flexibility index (Phi) is 3.77. The standard InChI is InChI=1S/C14H13F2NO/c15-14(16)9-18-13-6-4-10(5-7-13)11-2-1-3-12(17)8-11/h1-8,14H,9,17H2. The van der Waals surface area contributed by atoms with Gasteiger partial charge in [-0.1, -0.05) is 24.3 Å². The summed E-state index contributed by atoms with van der Waals surface area (Å²) in [6.07, 6.45) is -2.46. The normalized spacial score (nSPS) is 10.6. The van der Waals surface area contributed by atoms with Crippen molar-refractivity contribution >= 4 is 5.69 Å². The van der Waals surface area contributed by atoms with E-state index < -0.39 is 13.0 Å². The molecular formula is C14H13F2NO. The highest BCUT2D eigenvalue weighted by Crippen LogP contribution is 2.24.